The van der Waals surface area contributed by atoms with Crippen LogP contribution in [0.25, 0.3) is 0 Å². The van der Waals surface area contributed by atoms with Crippen molar-refractivity contribution in [3.63, 3.8) is 0 Å². The second-order valence-corrected chi connectivity index (χ2v) is 5.81. The van der Waals surface area contributed by atoms with Crippen LogP contribution in [-0.4, -0.2) is 29.9 Å². The number of hydrogen-bond acceptors (Lipinski definition) is 4. The highest BCUT2D eigenvalue weighted by atomic mass is 32.1. The van der Waals surface area contributed by atoms with Gasteiger partial charge in [0.1, 0.15) is 0 Å². The number of unbranched alkanes of at least 4 members (excludes halogenated alkanes) is 2. The number of carbonyl (C=O) groups excluding carboxylic acids is 2. The number of thiol groups is 1. The standard InChI is InChI=1S/C18H21N3O2S/c22-17(14-7-6-10-19-13-14)20-11-4-1-5-12-21-18(23)15-8-2-3-9-16(15)24/h2-3,6-10,13,24H,1,4-5,11-12H2,(H,20,22)(H,21,23). The van der Waals surface area contributed by atoms with Gasteiger partial charge in [0.15, 0.2) is 0 Å². The largest absolute Gasteiger partial charge is 0.352 e. The van der Waals surface area contributed by atoms with Crippen molar-refractivity contribution in [3.8, 4) is 0 Å². The first-order valence-electron chi connectivity index (χ1n) is 7.93. The Morgan fingerprint density at radius 1 is 0.917 bits per heavy atom. The highest BCUT2D eigenvalue weighted by Crippen LogP contribution is 2.12. The summed E-state index contributed by atoms with van der Waals surface area (Å²) in [4.78, 5) is 28.4. The number of amides is 2. The van der Waals surface area contributed by atoms with Gasteiger partial charge in [0.05, 0.1) is 11.1 Å². The number of carbonyl (C=O) groups is 2. The number of rotatable bonds is 8. The van der Waals surface area contributed by atoms with E-state index in [4.69, 9.17) is 0 Å². The van der Waals surface area contributed by atoms with Gasteiger partial charge >= 0.3 is 0 Å². The lowest BCUT2D eigenvalue weighted by Crippen LogP contribution is -2.26. The molecule has 0 radical (unpaired) electrons. The van der Waals surface area contributed by atoms with Gasteiger partial charge in [-0.2, -0.15) is 0 Å². The van der Waals surface area contributed by atoms with E-state index < -0.39 is 0 Å². The predicted octanol–water partition coefficient (Wildman–Crippen LogP) is 2.70. The molecule has 5 nitrogen and oxygen atoms in total. The second kappa shape index (κ2) is 9.72. The van der Waals surface area contributed by atoms with Gasteiger partial charge in [0.25, 0.3) is 11.8 Å². The monoisotopic (exact) mass is 343 g/mol. The van der Waals surface area contributed by atoms with Crippen LogP contribution in [-0.2, 0) is 0 Å². The van der Waals surface area contributed by atoms with Gasteiger partial charge in [0.2, 0.25) is 0 Å². The molecule has 2 amide bonds. The SMILES string of the molecule is O=C(NCCCCCNC(=O)c1ccccc1S)c1cccnc1. The average Bonchev–Trinajstić information content (AvgIpc) is 2.61. The lowest BCUT2D eigenvalue weighted by atomic mass is 10.2. The van der Waals surface area contributed by atoms with Gasteiger partial charge in [-0.1, -0.05) is 12.1 Å². The summed E-state index contributed by atoms with van der Waals surface area (Å²) in [6.45, 7) is 1.22. The van der Waals surface area contributed by atoms with E-state index in [1.165, 1.54) is 0 Å². The summed E-state index contributed by atoms with van der Waals surface area (Å²) in [5.74, 6) is -0.215. The minimum atomic E-state index is -0.109. The quantitative estimate of drug-likeness (QED) is 0.510. The molecule has 0 aliphatic carbocycles. The summed E-state index contributed by atoms with van der Waals surface area (Å²) in [5, 5.41) is 5.74. The number of benzene rings is 1. The zero-order valence-electron chi connectivity index (χ0n) is 13.4. The first-order valence-corrected chi connectivity index (χ1v) is 8.37. The van der Waals surface area contributed by atoms with Crippen molar-refractivity contribution in [2.24, 2.45) is 0 Å². The number of nitrogens with one attached hydrogen (secondary N) is 2. The maximum atomic E-state index is 12.0. The Morgan fingerprint density at radius 3 is 2.29 bits per heavy atom. The smallest absolute Gasteiger partial charge is 0.252 e. The van der Waals surface area contributed by atoms with Crippen molar-refractivity contribution in [2.75, 3.05) is 13.1 Å². The maximum absolute atomic E-state index is 12.0. The van der Waals surface area contributed by atoms with Crippen LogP contribution in [0.4, 0.5) is 0 Å². The number of nitrogens with zero attached hydrogens (tertiary/aromatic N) is 1. The molecule has 24 heavy (non-hydrogen) atoms. The lowest BCUT2D eigenvalue weighted by molar-refractivity contribution is 0.0946. The summed E-state index contributed by atoms with van der Waals surface area (Å²) < 4.78 is 0. The van der Waals surface area contributed by atoms with E-state index >= 15 is 0 Å². The molecular weight excluding hydrogens is 322 g/mol. The van der Waals surface area contributed by atoms with Crippen LogP contribution >= 0.6 is 12.6 Å². The summed E-state index contributed by atoms with van der Waals surface area (Å²) in [6, 6.07) is 10.7. The van der Waals surface area contributed by atoms with E-state index in [2.05, 4.69) is 28.2 Å². The third-order valence-electron chi connectivity index (χ3n) is 3.50. The van der Waals surface area contributed by atoms with Gasteiger partial charge in [-0.3, -0.25) is 14.6 Å². The number of pyridine rings is 1. The summed E-state index contributed by atoms with van der Waals surface area (Å²) >= 11 is 4.27. The van der Waals surface area contributed by atoms with E-state index in [0.717, 1.165) is 19.3 Å². The molecule has 2 rings (SSSR count). The topological polar surface area (TPSA) is 71.1 Å². The molecule has 0 aliphatic heterocycles. The van der Waals surface area contributed by atoms with Crippen molar-refractivity contribution in [3.05, 3.63) is 59.9 Å². The number of hydrogen-bond donors (Lipinski definition) is 3. The van der Waals surface area contributed by atoms with Gasteiger partial charge < -0.3 is 10.6 Å². The van der Waals surface area contributed by atoms with Gasteiger partial charge in [-0.05, 0) is 43.5 Å². The van der Waals surface area contributed by atoms with Crippen molar-refractivity contribution in [1.82, 2.24) is 15.6 Å². The Balaban J connectivity index is 1.56. The molecule has 0 fully saturated rings. The zero-order chi connectivity index (χ0) is 17.2. The van der Waals surface area contributed by atoms with Crippen molar-refractivity contribution in [1.29, 1.82) is 0 Å². The summed E-state index contributed by atoms with van der Waals surface area (Å²) in [6.07, 6.45) is 5.84. The summed E-state index contributed by atoms with van der Waals surface area (Å²) in [7, 11) is 0. The third kappa shape index (κ3) is 5.70. The van der Waals surface area contributed by atoms with E-state index in [0.29, 0.717) is 29.1 Å². The van der Waals surface area contributed by atoms with Crippen LogP contribution in [0.15, 0.2) is 53.7 Å². The minimum Gasteiger partial charge on any atom is -0.352 e. The summed E-state index contributed by atoms with van der Waals surface area (Å²) in [5.41, 5.74) is 1.15. The molecule has 1 aromatic heterocycles. The van der Waals surface area contributed by atoms with Crippen LogP contribution in [0.1, 0.15) is 40.0 Å². The van der Waals surface area contributed by atoms with Gasteiger partial charge in [0, 0.05) is 30.4 Å². The van der Waals surface area contributed by atoms with Gasteiger partial charge in [-0.25, -0.2) is 0 Å². The second-order valence-electron chi connectivity index (χ2n) is 5.33. The Hall–Kier alpha value is -2.34. The van der Waals surface area contributed by atoms with Crippen LogP contribution < -0.4 is 10.6 Å². The molecule has 126 valence electrons. The normalized spacial score (nSPS) is 10.2. The Kier molecular flexibility index (Phi) is 7.29. The lowest BCUT2D eigenvalue weighted by Gasteiger charge is -2.07. The fourth-order valence-corrected chi connectivity index (χ4v) is 2.45. The van der Waals surface area contributed by atoms with E-state index in [9.17, 15) is 9.59 Å². The highest BCUT2D eigenvalue weighted by molar-refractivity contribution is 7.80. The highest BCUT2D eigenvalue weighted by Gasteiger charge is 2.07. The molecule has 0 atom stereocenters. The average molecular weight is 343 g/mol. The first-order chi connectivity index (χ1) is 11.7. The van der Waals surface area contributed by atoms with E-state index in [1.54, 1.807) is 36.7 Å². The van der Waals surface area contributed by atoms with E-state index in [1.807, 2.05) is 12.1 Å². The molecule has 1 heterocycles. The molecule has 0 saturated carbocycles. The van der Waals surface area contributed by atoms with E-state index in [-0.39, 0.29) is 11.8 Å². The van der Waals surface area contributed by atoms with Gasteiger partial charge in [-0.15, -0.1) is 12.6 Å². The van der Waals surface area contributed by atoms with Crippen molar-refractivity contribution >= 4 is 24.4 Å². The maximum Gasteiger partial charge on any atom is 0.252 e. The molecule has 6 heteroatoms. The third-order valence-corrected chi connectivity index (χ3v) is 3.89. The molecule has 0 spiro atoms. The van der Waals surface area contributed by atoms with Crippen LogP contribution in [0, 0.1) is 0 Å². The molecule has 2 aromatic rings. The van der Waals surface area contributed by atoms with Crippen LogP contribution in [0.2, 0.25) is 0 Å². The Labute approximate surface area is 147 Å². The molecule has 2 N–H and O–H groups in total. The van der Waals surface area contributed by atoms with Crippen LogP contribution in [0.5, 0.6) is 0 Å². The first kappa shape index (κ1) is 18.0. The molecule has 0 unspecified atom stereocenters. The Bertz CT molecular complexity index is 677. The molecule has 1 aromatic carbocycles. The van der Waals surface area contributed by atoms with Crippen molar-refractivity contribution < 1.29 is 9.59 Å². The number of aromatic nitrogens is 1. The Morgan fingerprint density at radius 2 is 1.62 bits per heavy atom. The van der Waals surface area contributed by atoms with Crippen LogP contribution in [0.3, 0.4) is 0 Å². The fraction of sp³-hybridized carbons (Fsp3) is 0.278. The minimum absolute atomic E-state index is 0.106. The predicted molar refractivity (Wildman–Crippen MR) is 96.4 cm³/mol. The molecular formula is C18H21N3O2S. The van der Waals surface area contributed by atoms with Crippen molar-refractivity contribution in [2.45, 2.75) is 24.2 Å². The zero-order valence-corrected chi connectivity index (χ0v) is 14.3. The molecule has 0 saturated heterocycles. The fourth-order valence-electron chi connectivity index (χ4n) is 2.19. The molecule has 0 bridgehead atoms. The molecule has 0 aliphatic rings.